The number of nitrogens with zero attached hydrogens (tertiary/aromatic N) is 1. The van der Waals surface area contributed by atoms with Crippen LogP contribution in [-0.4, -0.2) is 50.1 Å². The van der Waals surface area contributed by atoms with E-state index in [1.165, 1.54) is 36.0 Å². The molecule has 4 rings (SSSR count). The number of hydrogen-bond donors (Lipinski definition) is 0. The molecule has 0 bridgehead atoms. The smallest absolute Gasteiger partial charge is 0.151 e. The Kier molecular flexibility index (Phi) is 4.67. The van der Waals surface area contributed by atoms with Gasteiger partial charge in [0.05, 0.1) is 17.6 Å². The molecule has 0 saturated carbocycles. The maximum absolute atomic E-state index is 11.9. The molecule has 0 aromatic heterocycles. The molecule has 2 saturated heterocycles. The van der Waals surface area contributed by atoms with E-state index in [0.29, 0.717) is 11.5 Å². The van der Waals surface area contributed by atoms with Gasteiger partial charge in [-0.2, -0.15) is 0 Å². The lowest BCUT2D eigenvalue weighted by molar-refractivity contribution is 0.0574. The maximum atomic E-state index is 11.9. The Morgan fingerprint density at radius 3 is 2.75 bits per heavy atom. The van der Waals surface area contributed by atoms with Gasteiger partial charge in [-0.25, -0.2) is 8.42 Å². The number of benzene rings is 1. The number of rotatable bonds is 5. The maximum Gasteiger partial charge on any atom is 0.151 e. The van der Waals surface area contributed by atoms with Gasteiger partial charge in [-0.1, -0.05) is 18.2 Å². The molecule has 2 heterocycles. The van der Waals surface area contributed by atoms with E-state index in [-0.39, 0.29) is 12.1 Å². The summed E-state index contributed by atoms with van der Waals surface area (Å²) in [5.74, 6) is 0.647. The van der Waals surface area contributed by atoms with Crippen molar-refractivity contribution in [3.63, 3.8) is 0 Å². The molecule has 2 aliphatic heterocycles. The van der Waals surface area contributed by atoms with E-state index in [0.717, 1.165) is 39.0 Å². The van der Waals surface area contributed by atoms with Gasteiger partial charge in [-0.3, -0.25) is 4.90 Å². The third kappa shape index (κ3) is 3.68. The number of aryl methyl sites for hydroxylation is 2. The van der Waals surface area contributed by atoms with Crippen LogP contribution in [0.15, 0.2) is 18.2 Å². The topological polar surface area (TPSA) is 46.6 Å². The fourth-order valence-corrected chi connectivity index (χ4v) is 6.18. The Labute approximate surface area is 145 Å². The number of fused-ring (bicyclic) bond motifs is 1. The zero-order valence-corrected chi connectivity index (χ0v) is 15.1. The van der Waals surface area contributed by atoms with Crippen LogP contribution in [0.3, 0.4) is 0 Å². The second-order valence-corrected chi connectivity index (χ2v) is 9.81. The Hall–Kier alpha value is -0.910. The van der Waals surface area contributed by atoms with Crippen molar-refractivity contribution in [1.29, 1.82) is 0 Å². The van der Waals surface area contributed by atoms with Crippen LogP contribution in [0.1, 0.15) is 42.4 Å². The first-order valence-electron chi connectivity index (χ1n) is 9.26. The summed E-state index contributed by atoms with van der Waals surface area (Å²) in [5.41, 5.74) is 4.30. The van der Waals surface area contributed by atoms with Gasteiger partial charge in [0.1, 0.15) is 0 Å². The van der Waals surface area contributed by atoms with Crippen LogP contribution in [0.25, 0.3) is 0 Å². The molecule has 3 aliphatic rings. The lowest BCUT2D eigenvalue weighted by atomic mass is 10.0. The number of hydrogen-bond acceptors (Lipinski definition) is 4. The Balaban J connectivity index is 1.51. The molecule has 0 spiro atoms. The predicted molar refractivity (Wildman–Crippen MR) is 94.9 cm³/mol. The van der Waals surface area contributed by atoms with Crippen molar-refractivity contribution in [3.8, 4) is 0 Å². The Morgan fingerprint density at radius 1 is 1.12 bits per heavy atom. The van der Waals surface area contributed by atoms with Crippen LogP contribution in [0, 0.1) is 0 Å². The van der Waals surface area contributed by atoms with E-state index in [4.69, 9.17) is 4.74 Å². The SMILES string of the molecule is O=S1(=O)CC[C@H](N(Cc2ccc3c(c2)CCC3)C[C@H]2CCCO2)C1. The molecule has 4 nitrogen and oxygen atoms in total. The first-order chi connectivity index (χ1) is 11.6. The van der Waals surface area contributed by atoms with Crippen LogP contribution >= 0.6 is 0 Å². The monoisotopic (exact) mass is 349 g/mol. The lowest BCUT2D eigenvalue weighted by Gasteiger charge is -2.30. The first kappa shape index (κ1) is 16.6. The summed E-state index contributed by atoms with van der Waals surface area (Å²) in [6.07, 6.45) is 6.91. The highest BCUT2D eigenvalue weighted by Crippen LogP contribution is 2.26. The third-order valence-electron chi connectivity index (χ3n) is 5.74. The van der Waals surface area contributed by atoms with E-state index in [1.54, 1.807) is 0 Å². The summed E-state index contributed by atoms with van der Waals surface area (Å²) in [6.45, 7) is 2.55. The van der Waals surface area contributed by atoms with Crippen molar-refractivity contribution in [2.75, 3.05) is 24.7 Å². The molecule has 1 aromatic rings. The van der Waals surface area contributed by atoms with Gasteiger partial charge in [0.2, 0.25) is 0 Å². The van der Waals surface area contributed by atoms with Gasteiger partial charge in [0.15, 0.2) is 9.84 Å². The standard InChI is InChI=1S/C19H27NO3S/c21-24(22)10-8-18(14-24)20(13-19-5-2-9-23-19)12-15-6-7-16-3-1-4-17(16)11-15/h6-7,11,18-19H,1-5,8-10,12-14H2/t18-,19+/m0/s1. The number of ether oxygens (including phenoxy) is 1. The fourth-order valence-electron chi connectivity index (χ4n) is 4.41. The Bertz CT molecular complexity index is 695. The van der Waals surface area contributed by atoms with Crippen LogP contribution in [0.2, 0.25) is 0 Å². The molecule has 2 fully saturated rings. The molecule has 5 heteroatoms. The average Bonchev–Trinajstić information content (AvgIpc) is 3.26. The first-order valence-corrected chi connectivity index (χ1v) is 11.1. The minimum Gasteiger partial charge on any atom is -0.377 e. The molecule has 0 radical (unpaired) electrons. The largest absolute Gasteiger partial charge is 0.377 e. The van der Waals surface area contributed by atoms with Gasteiger partial charge in [0.25, 0.3) is 0 Å². The van der Waals surface area contributed by atoms with Crippen molar-refractivity contribution in [1.82, 2.24) is 4.90 Å². The van der Waals surface area contributed by atoms with Gasteiger partial charge >= 0.3 is 0 Å². The van der Waals surface area contributed by atoms with Crippen molar-refractivity contribution in [3.05, 3.63) is 34.9 Å². The van der Waals surface area contributed by atoms with Crippen molar-refractivity contribution in [2.24, 2.45) is 0 Å². The van der Waals surface area contributed by atoms with Gasteiger partial charge in [0, 0.05) is 25.7 Å². The van der Waals surface area contributed by atoms with Gasteiger partial charge < -0.3 is 4.74 Å². The molecule has 24 heavy (non-hydrogen) atoms. The van der Waals surface area contributed by atoms with E-state index in [1.807, 2.05) is 0 Å². The Morgan fingerprint density at radius 2 is 2.00 bits per heavy atom. The molecule has 132 valence electrons. The fraction of sp³-hybridized carbons (Fsp3) is 0.684. The second kappa shape index (κ2) is 6.77. The lowest BCUT2D eigenvalue weighted by Crippen LogP contribution is -2.40. The van der Waals surface area contributed by atoms with Crippen LogP contribution < -0.4 is 0 Å². The highest BCUT2D eigenvalue weighted by Gasteiger charge is 2.34. The van der Waals surface area contributed by atoms with Crippen molar-refractivity contribution in [2.45, 2.75) is 57.2 Å². The highest BCUT2D eigenvalue weighted by molar-refractivity contribution is 7.91. The zero-order chi connectivity index (χ0) is 16.6. The average molecular weight is 349 g/mol. The molecule has 0 unspecified atom stereocenters. The summed E-state index contributed by atoms with van der Waals surface area (Å²) in [6, 6.07) is 6.99. The van der Waals surface area contributed by atoms with Crippen LogP contribution in [0.4, 0.5) is 0 Å². The molecular formula is C19H27NO3S. The molecule has 0 amide bonds. The molecule has 2 atom stereocenters. The van der Waals surface area contributed by atoms with E-state index in [2.05, 4.69) is 23.1 Å². The molecular weight excluding hydrogens is 322 g/mol. The molecule has 0 N–H and O–H groups in total. The van der Waals surface area contributed by atoms with Gasteiger partial charge in [-0.15, -0.1) is 0 Å². The zero-order valence-electron chi connectivity index (χ0n) is 14.2. The molecule has 1 aliphatic carbocycles. The minimum atomic E-state index is -2.86. The molecule has 1 aromatic carbocycles. The second-order valence-electron chi connectivity index (χ2n) is 7.58. The third-order valence-corrected chi connectivity index (χ3v) is 7.49. The number of sulfone groups is 1. The van der Waals surface area contributed by atoms with Crippen LogP contribution in [0.5, 0.6) is 0 Å². The van der Waals surface area contributed by atoms with Crippen molar-refractivity contribution < 1.29 is 13.2 Å². The normalized spacial score (nSPS) is 28.5. The summed E-state index contributed by atoms with van der Waals surface area (Å²) in [4.78, 5) is 2.37. The summed E-state index contributed by atoms with van der Waals surface area (Å²) in [5, 5.41) is 0. The highest BCUT2D eigenvalue weighted by atomic mass is 32.2. The van der Waals surface area contributed by atoms with Crippen LogP contribution in [-0.2, 0) is 34.0 Å². The minimum absolute atomic E-state index is 0.146. The predicted octanol–water partition coefficient (Wildman–Crippen LogP) is 2.34. The van der Waals surface area contributed by atoms with Crippen molar-refractivity contribution >= 4 is 9.84 Å². The summed E-state index contributed by atoms with van der Waals surface area (Å²) in [7, 11) is -2.86. The van der Waals surface area contributed by atoms with E-state index < -0.39 is 9.84 Å². The van der Waals surface area contributed by atoms with E-state index in [9.17, 15) is 8.42 Å². The summed E-state index contributed by atoms with van der Waals surface area (Å²) < 4.78 is 29.7. The van der Waals surface area contributed by atoms with E-state index >= 15 is 0 Å². The summed E-state index contributed by atoms with van der Waals surface area (Å²) >= 11 is 0. The quantitative estimate of drug-likeness (QED) is 0.819. The van der Waals surface area contributed by atoms with Gasteiger partial charge in [-0.05, 0) is 55.2 Å².